The van der Waals surface area contributed by atoms with Crippen molar-refractivity contribution >= 4 is 0 Å². The molecule has 224 valence electrons. The third-order valence-corrected chi connectivity index (χ3v) is 13.9. The second kappa shape index (κ2) is 10.0. The third-order valence-electron chi connectivity index (χ3n) is 13.9. The predicted octanol–water partition coefficient (Wildman–Crippen LogP) is 10.6. The van der Waals surface area contributed by atoms with Crippen molar-refractivity contribution in [1.29, 1.82) is 0 Å². The second-order valence-electron chi connectivity index (χ2n) is 15.1. The van der Waals surface area contributed by atoms with E-state index in [9.17, 15) is 10.2 Å². The minimum Gasteiger partial charge on any atom is -0.507 e. The van der Waals surface area contributed by atoms with Gasteiger partial charge in [-0.1, -0.05) is 64.1 Å². The molecule has 6 aliphatic carbocycles. The first-order chi connectivity index (χ1) is 20.2. The largest absolute Gasteiger partial charge is 0.507 e. The zero-order valence-electron chi connectivity index (χ0n) is 26.6. The van der Waals surface area contributed by atoms with Crippen molar-refractivity contribution in [3.63, 3.8) is 0 Å². The number of benzene rings is 2. The van der Waals surface area contributed by atoms with E-state index in [1.54, 1.807) is 0 Å². The molecule has 2 aromatic rings. The quantitative estimate of drug-likeness (QED) is 0.338. The molecule has 2 heteroatoms. The van der Waals surface area contributed by atoms with Crippen molar-refractivity contribution in [2.75, 3.05) is 0 Å². The monoisotopic (exact) mass is 564 g/mol. The molecule has 0 bridgehead atoms. The number of hydrogen-bond donors (Lipinski definition) is 2. The number of hydrogen-bond acceptors (Lipinski definition) is 2. The molecule has 0 saturated heterocycles. The van der Waals surface area contributed by atoms with E-state index in [-0.39, 0.29) is 0 Å². The van der Waals surface area contributed by atoms with Crippen molar-refractivity contribution in [1.82, 2.24) is 0 Å². The predicted molar refractivity (Wildman–Crippen MR) is 174 cm³/mol. The average Bonchev–Trinajstić information content (AvgIpc) is 3.48. The fourth-order valence-corrected chi connectivity index (χ4v) is 11.7. The van der Waals surface area contributed by atoms with E-state index < -0.39 is 0 Å². The number of aromatic hydroxyl groups is 2. The number of phenols is 2. The molecule has 4 fully saturated rings. The lowest BCUT2D eigenvalue weighted by Gasteiger charge is -2.50. The first kappa shape index (κ1) is 28.3. The lowest BCUT2D eigenvalue weighted by molar-refractivity contribution is 0.0814. The molecule has 0 aromatic heterocycles. The molecule has 0 heterocycles. The van der Waals surface area contributed by atoms with Gasteiger partial charge in [-0.25, -0.2) is 0 Å². The lowest BCUT2D eigenvalue weighted by atomic mass is 9.54. The Labute approximate surface area is 254 Å². The van der Waals surface area contributed by atoms with Gasteiger partial charge in [0, 0.05) is 11.1 Å². The van der Waals surface area contributed by atoms with Crippen LogP contribution in [0.25, 0.3) is 11.1 Å². The Hall–Kier alpha value is -2.48. The van der Waals surface area contributed by atoms with Gasteiger partial charge in [0.15, 0.2) is 0 Å². The Balaban J connectivity index is 0.00000141. The molecule has 6 aliphatic rings. The molecular weight excluding hydrogens is 512 g/mol. The summed E-state index contributed by atoms with van der Waals surface area (Å²) in [6.45, 7) is 18.0. The minimum atomic E-state index is 0.313. The van der Waals surface area contributed by atoms with Crippen molar-refractivity contribution in [2.24, 2.45) is 34.5 Å². The van der Waals surface area contributed by atoms with Crippen LogP contribution in [0.1, 0.15) is 126 Å². The van der Waals surface area contributed by atoms with Gasteiger partial charge in [-0.05, 0) is 158 Å². The zero-order chi connectivity index (χ0) is 29.6. The van der Waals surface area contributed by atoms with E-state index in [2.05, 4.69) is 39.1 Å². The van der Waals surface area contributed by atoms with E-state index in [4.69, 9.17) is 0 Å². The normalized spacial score (nSPS) is 37.8. The van der Waals surface area contributed by atoms with Crippen LogP contribution in [0.15, 0.2) is 48.6 Å². The van der Waals surface area contributed by atoms with Gasteiger partial charge in [-0.15, -0.1) is 0 Å². The van der Waals surface area contributed by atoms with Crippen LogP contribution < -0.4 is 0 Å². The van der Waals surface area contributed by atoms with Crippen molar-refractivity contribution < 1.29 is 10.2 Å². The summed E-state index contributed by atoms with van der Waals surface area (Å²) in [5, 5.41) is 22.9. The molecule has 7 unspecified atom stereocenters. The Morgan fingerprint density at radius 3 is 1.40 bits per heavy atom. The molecule has 0 radical (unpaired) electrons. The maximum atomic E-state index is 11.5. The van der Waals surface area contributed by atoms with E-state index in [0.29, 0.717) is 46.0 Å². The molecule has 0 amide bonds. The van der Waals surface area contributed by atoms with E-state index in [1.165, 1.54) is 97.6 Å². The number of phenolic OH excluding ortho intramolecular Hbond substituents is 2. The number of allylic oxidation sites excluding steroid dienone is 2. The number of fused-ring (bicyclic) bond motifs is 10. The second-order valence-corrected chi connectivity index (χ2v) is 15.1. The highest BCUT2D eigenvalue weighted by Crippen LogP contribution is 2.65. The van der Waals surface area contributed by atoms with Gasteiger partial charge in [0.25, 0.3) is 0 Å². The third kappa shape index (κ3) is 3.75. The first-order valence-electron chi connectivity index (χ1n) is 17.3. The molecular formula is C40H52O2. The summed E-state index contributed by atoms with van der Waals surface area (Å²) in [5.74, 6) is 4.71. The summed E-state index contributed by atoms with van der Waals surface area (Å²) in [6.07, 6.45) is 14.2. The highest BCUT2D eigenvalue weighted by molar-refractivity contribution is 5.83. The standard InChI is InChI=1S/C38H46O2.C2H6/c1-21-5-13-31-27-7-9-29-23(25(27)17-19-37(21,31)3)11-15-33(39)35(29)36-30-10-8-28-26(24(30)12-16-34(36)40)18-20-38(4)22(2)6-14-32(28)38;1-2/h11-12,15-16,25-28,31-32,39-40H,1-2,5-10,13-14,17-20H2,3-4H3;1-2H3/t25?,26?,27?,28?,31?,32?,37-,38?;/m1./s1. The number of rotatable bonds is 1. The van der Waals surface area contributed by atoms with Gasteiger partial charge in [0.05, 0.1) is 0 Å². The molecule has 2 N–H and O–H groups in total. The van der Waals surface area contributed by atoms with Gasteiger partial charge < -0.3 is 10.2 Å². The first-order valence-corrected chi connectivity index (χ1v) is 17.3. The van der Waals surface area contributed by atoms with Gasteiger partial charge >= 0.3 is 0 Å². The summed E-state index contributed by atoms with van der Waals surface area (Å²) >= 11 is 0. The smallest absolute Gasteiger partial charge is 0.123 e. The highest BCUT2D eigenvalue weighted by atomic mass is 16.3. The molecule has 8 atom stereocenters. The summed E-state index contributed by atoms with van der Waals surface area (Å²) in [4.78, 5) is 0. The van der Waals surface area contributed by atoms with Crippen molar-refractivity contribution in [3.05, 3.63) is 70.8 Å². The van der Waals surface area contributed by atoms with Crippen LogP contribution in [0.4, 0.5) is 0 Å². The molecule has 4 saturated carbocycles. The Bertz CT molecular complexity index is 1340. The fraction of sp³-hybridized carbons (Fsp3) is 0.600. The van der Waals surface area contributed by atoms with Gasteiger partial charge in [0.1, 0.15) is 11.5 Å². The van der Waals surface area contributed by atoms with Crippen LogP contribution >= 0.6 is 0 Å². The van der Waals surface area contributed by atoms with E-state index in [0.717, 1.165) is 35.8 Å². The van der Waals surface area contributed by atoms with Gasteiger partial charge in [-0.3, -0.25) is 0 Å². The van der Waals surface area contributed by atoms with Crippen molar-refractivity contribution in [3.8, 4) is 22.6 Å². The minimum absolute atomic E-state index is 0.313. The van der Waals surface area contributed by atoms with Crippen LogP contribution in [0, 0.1) is 34.5 Å². The molecule has 0 spiro atoms. The van der Waals surface area contributed by atoms with Crippen molar-refractivity contribution in [2.45, 2.75) is 117 Å². The summed E-state index contributed by atoms with van der Waals surface area (Å²) in [5.41, 5.74) is 11.0. The van der Waals surface area contributed by atoms with Crippen LogP contribution in [0.2, 0.25) is 0 Å². The topological polar surface area (TPSA) is 40.5 Å². The van der Waals surface area contributed by atoms with Crippen LogP contribution in [-0.4, -0.2) is 10.2 Å². The van der Waals surface area contributed by atoms with E-state index in [1.807, 2.05) is 26.0 Å². The molecule has 8 rings (SSSR count). The van der Waals surface area contributed by atoms with Crippen LogP contribution in [0.3, 0.4) is 0 Å². The van der Waals surface area contributed by atoms with Gasteiger partial charge in [0.2, 0.25) is 0 Å². The maximum absolute atomic E-state index is 11.5. The van der Waals surface area contributed by atoms with Gasteiger partial charge in [-0.2, -0.15) is 0 Å². The molecule has 2 nitrogen and oxygen atoms in total. The zero-order valence-corrected chi connectivity index (χ0v) is 26.6. The summed E-state index contributed by atoms with van der Waals surface area (Å²) in [7, 11) is 0. The fourth-order valence-electron chi connectivity index (χ4n) is 11.7. The van der Waals surface area contributed by atoms with E-state index >= 15 is 0 Å². The Kier molecular flexibility index (Phi) is 6.76. The summed E-state index contributed by atoms with van der Waals surface area (Å²) < 4.78 is 0. The highest BCUT2D eigenvalue weighted by Gasteiger charge is 2.54. The Morgan fingerprint density at radius 1 is 0.595 bits per heavy atom. The maximum Gasteiger partial charge on any atom is 0.123 e. The molecule has 2 aromatic carbocycles. The summed E-state index contributed by atoms with van der Waals surface area (Å²) in [6, 6.07) is 8.35. The average molecular weight is 565 g/mol. The van der Waals surface area contributed by atoms with Crippen LogP contribution in [-0.2, 0) is 12.8 Å². The lowest BCUT2D eigenvalue weighted by Crippen LogP contribution is -2.40. The van der Waals surface area contributed by atoms with Crippen LogP contribution in [0.5, 0.6) is 11.5 Å². The Morgan fingerprint density at radius 2 is 1.00 bits per heavy atom. The SMILES string of the molecule is C=C1CCC2C3CCc4c(ccc(O)c4-c4c(O)ccc5c4CCC4C5CC[C@]5(C)C(=C)CCC45)C3CCC12C.CC. The molecule has 42 heavy (non-hydrogen) atoms. The molecule has 0 aliphatic heterocycles.